The van der Waals surface area contributed by atoms with Crippen molar-refractivity contribution >= 4 is 23.8 Å². The molecule has 1 atom stereocenters. The number of aldehydes is 1. The topological polar surface area (TPSA) is 34.1 Å². The third kappa shape index (κ3) is 5.30. The zero-order chi connectivity index (χ0) is 18.1. The van der Waals surface area contributed by atoms with Gasteiger partial charge < -0.3 is 4.79 Å². The number of thioether (sulfide) groups is 1. The van der Waals surface area contributed by atoms with Gasteiger partial charge in [0.1, 0.15) is 6.29 Å². The third-order valence-electron chi connectivity index (χ3n) is 4.64. The van der Waals surface area contributed by atoms with Gasteiger partial charge in [-0.05, 0) is 25.0 Å². The third-order valence-corrected chi connectivity index (χ3v) is 5.95. The number of benzene rings is 2. The van der Waals surface area contributed by atoms with Gasteiger partial charge in [-0.25, -0.2) is 0 Å². The van der Waals surface area contributed by atoms with Gasteiger partial charge in [-0.3, -0.25) is 4.79 Å². The van der Waals surface area contributed by atoms with Crippen LogP contribution in [0, 0.1) is 5.41 Å². The first-order valence-electron chi connectivity index (χ1n) is 8.93. The van der Waals surface area contributed by atoms with E-state index in [1.54, 1.807) is 11.8 Å². The highest BCUT2D eigenvalue weighted by molar-refractivity contribution is 7.99. The number of ketones is 1. The van der Waals surface area contributed by atoms with Crippen molar-refractivity contribution in [3.05, 3.63) is 65.7 Å². The van der Waals surface area contributed by atoms with E-state index >= 15 is 0 Å². The molecule has 2 nitrogen and oxygen atoms in total. The molecule has 0 N–H and O–H groups in total. The van der Waals surface area contributed by atoms with Gasteiger partial charge in [0.05, 0.1) is 0 Å². The second-order valence-corrected chi connectivity index (χ2v) is 7.50. The molecule has 0 amide bonds. The number of hydrogen-bond donors (Lipinski definition) is 0. The smallest absolute Gasteiger partial charge is 0.193 e. The van der Waals surface area contributed by atoms with Crippen molar-refractivity contribution in [1.29, 1.82) is 0 Å². The van der Waals surface area contributed by atoms with Crippen LogP contribution in [-0.4, -0.2) is 17.8 Å². The Kier molecular flexibility index (Phi) is 7.45. The summed E-state index contributed by atoms with van der Waals surface area (Å²) in [6.45, 7) is 4.23. The molecule has 132 valence electrons. The molecule has 0 fully saturated rings. The van der Waals surface area contributed by atoms with Gasteiger partial charge in [-0.2, -0.15) is 0 Å². The second kappa shape index (κ2) is 9.57. The van der Waals surface area contributed by atoms with Crippen molar-refractivity contribution in [2.45, 2.75) is 44.4 Å². The van der Waals surface area contributed by atoms with E-state index in [1.807, 2.05) is 54.6 Å². The molecule has 2 rings (SSSR count). The molecule has 25 heavy (non-hydrogen) atoms. The number of carbonyl (C=O) groups excluding carboxylic acids is 2. The molecule has 3 heteroatoms. The van der Waals surface area contributed by atoms with Crippen LogP contribution in [0.5, 0.6) is 0 Å². The Balaban J connectivity index is 2.11. The summed E-state index contributed by atoms with van der Waals surface area (Å²) in [7, 11) is 0. The molecule has 1 unspecified atom stereocenters. The van der Waals surface area contributed by atoms with Crippen LogP contribution in [0.3, 0.4) is 0 Å². The number of unbranched alkanes of at least 4 members (excludes halogenated alkanes) is 1. The first-order valence-corrected chi connectivity index (χ1v) is 9.91. The van der Waals surface area contributed by atoms with Gasteiger partial charge >= 0.3 is 0 Å². The molecule has 2 aromatic carbocycles. The fraction of sp³-hybridized carbons (Fsp3) is 0.364. The second-order valence-electron chi connectivity index (χ2n) is 6.45. The van der Waals surface area contributed by atoms with E-state index in [-0.39, 0.29) is 11.2 Å². The standard InChI is InChI=1S/C22H26O2S/c1-3-5-14-22(4-2,16-23)17-25-20-13-9-12-19(15-20)21(24)18-10-7-6-8-11-18/h6-13,15-16H,3-5,14,17H2,1-2H3. The number of rotatable bonds is 10. The molecule has 0 heterocycles. The van der Waals surface area contributed by atoms with Crippen LogP contribution in [0.15, 0.2) is 59.5 Å². The van der Waals surface area contributed by atoms with Gasteiger partial charge in [0.2, 0.25) is 0 Å². The van der Waals surface area contributed by atoms with Crippen LogP contribution in [0.4, 0.5) is 0 Å². The fourth-order valence-electron chi connectivity index (χ4n) is 2.77. The molecule has 0 spiro atoms. The summed E-state index contributed by atoms with van der Waals surface area (Å²) in [5, 5.41) is 0. The minimum atomic E-state index is -0.264. The van der Waals surface area contributed by atoms with E-state index < -0.39 is 0 Å². The van der Waals surface area contributed by atoms with Crippen molar-refractivity contribution in [2.75, 3.05) is 5.75 Å². The van der Waals surface area contributed by atoms with Gasteiger partial charge in [0, 0.05) is 27.2 Å². The van der Waals surface area contributed by atoms with Crippen LogP contribution in [0.2, 0.25) is 0 Å². The predicted molar refractivity (Wildman–Crippen MR) is 105 cm³/mol. The lowest BCUT2D eigenvalue weighted by atomic mass is 9.84. The van der Waals surface area contributed by atoms with E-state index in [4.69, 9.17) is 0 Å². The van der Waals surface area contributed by atoms with Crippen LogP contribution >= 0.6 is 11.8 Å². The highest BCUT2D eigenvalue weighted by Gasteiger charge is 2.27. The van der Waals surface area contributed by atoms with Gasteiger partial charge in [0.25, 0.3) is 0 Å². The fourth-order valence-corrected chi connectivity index (χ4v) is 4.02. The molecule has 0 saturated carbocycles. The minimum Gasteiger partial charge on any atom is -0.303 e. The maximum Gasteiger partial charge on any atom is 0.193 e. The summed E-state index contributed by atoms with van der Waals surface area (Å²) < 4.78 is 0. The molecular formula is C22H26O2S. The zero-order valence-corrected chi connectivity index (χ0v) is 15.9. The maximum absolute atomic E-state index is 12.6. The Morgan fingerprint density at radius 2 is 1.76 bits per heavy atom. The summed E-state index contributed by atoms with van der Waals surface area (Å²) in [6.07, 6.45) is 5.08. The lowest BCUT2D eigenvalue weighted by molar-refractivity contribution is -0.115. The molecule has 0 aliphatic heterocycles. The highest BCUT2D eigenvalue weighted by Crippen LogP contribution is 2.34. The van der Waals surface area contributed by atoms with Gasteiger partial charge in [0.15, 0.2) is 5.78 Å². The molecule has 0 aliphatic rings. The van der Waals surface area contributed by atoms with Crippen molar-refractivity contribution < 1.29 is 9.59 Å². The largest absolute Gasteiger partial charge is 0.303 e. The van der Waals surface area contributed by atoms with E-state index in [9.17, 15) is 9.59 Å². The predicted octanol–water partition coefficient (Wildman–Crippen LogP) is 5.80. The zero-order valence-electron chi connectivity index (χ0n) is 15.0. The summed E-state index contributed by atoms with van der Waals surface area (Å²) in [4.78, 5) is 25.3. The molecule has 0 aliphatic carbocycles. The van der Waals surface area contributed by atoms with Gasteiger partial charge in [-0.1, -0.05) is 69.2 Å². The lowest BCUT2D eigenvalue weighted by Gasteiger charge is -2.26. The van der Waals surface area contributed by atoms with E-state index in [0.717, 1.165) is 42.6 Å². The molecule has 0 saturated heterocycles. The van der Waals surface area contributed by atoms with Crippen molar-refractivity contribution in [2.24, 2.45) is 5.41 Å². The van der Waals surface area contributed by atoms with Crippen molar-refractivity contribution in [1.82, 2.24) is 0 Å². The molecular weight excluding hydrogens is 328 g/mol. The normalized spacial score (nSPS) is 13.2. The number of carbonyl (C=O) groups is 2. The summed E-state index contributed by atoms with van der Waals surface area (Å²) >= 11 is 1.67. The average molecular weight is 355 g/mol. The minimum absolute atomic E-state index is 0.0335. The Bertz CT molecular complexity index is 696. The first-order chi connectivity index (χ1) is 12.1. The van der Waals surface area contributed by atoms with Crippen LogP contribution < -0.4 is 0 Å². The summed E-state index contributed by atoms with van der Waals surface area (Å²) in [5.74, 6) is 0.793. The Morgan fingerprint density at radius 1 is 1.04 bits per heavy atom. The molecule has 0 radical (unpaired) electrons. The summed E-state index contributed by atoms with van der Waals surface area (Å²) in [6, 6.07) is 17.0. The van der Waals surface area contributed by atoms with E-state index in [0.29, 0.717) is 11.1 Å². The monoisotopic (exact) mass is 354 g/mol. The maximum atomic E-state index is 12.6. The Hall–Kier alpha value is -1.87. The van der Waals surface area contributed by atoms with Crippen LogP contribution in [0.1, 0.15) is 55.5 Å². The summed E-state index contributed by atoms with van der Waals surface area (Å²) in [5.41, 5.74) is 1.13. The van der Waals surface area contributed by atoms with E-state index in [1.165, 1.54) is 0 Å². The number of hydrogen-bond acceptors (Lipinski definition) is 3. The van der Waals surface area contributed by atoms with E-state index in [2.05, 4.69) is 13.8 Å². The first kappa shape index (κ1) is 19.5. The SMILES string of the molecule is CCCCC(C=O)(CC)CSc1cccc(C(=O)c2ccccc2)c1. The van der Waals surface area contributed by atoms with Crippen LogP contribution in [-0.2, 0) is 4.79 Å². The lowest BCUT2D eigenvalue weighted by Crippen LogP contribution is -2.24. The Labute approximate surface area is 155 Å². The van der Waals surface area contributed by atoms with Crippen molar-refractivity contribution in [3.63, 3.8) is 0 Å². The average Bonchev–Trinajstić information content (AvgIpc) is 2.69. The molecule has 0 bridgehead atoms. The van der Waals surface area contributed by atoms with Crippen molar-refractivity contribution in [3.8, 4) is 0 Å². The molecule has 2 aromatic rings. The molecule has 0 aromatic heterocycles. The van der Waals surface area contributed by atoms with Gasteiger partial charge in [-0.15, -0.1) is 11.8 Å². The Morgan fingerprint density at radius 3 is 2.40 bits per heavy atom. The quantitative estimate of drug-likeness (QED) is 0.307. The highest BCUT2D eigenvalue weighted by atomic mass is 32.2. The van der Waals surface area contributed by atoms with Crippen LogP contribution in [0.25, 0.3) is 0 Å².